The normalized spacial score (nSPS) is 30.4. The summed E-state index contributed by atoms with van der Waals surface area (Å²) in [6.45, 7) is 0.226. The average Bonchev–Trinajstić information content (AvgIpc) is 2.50. The minimum atomic E-state index is -0.608. The number of rotatable bonds is 2. The van der Waals surface area contributed by atoms with Crippen LogP contribution in [0.4, 0.5) is 0 Å². The third kappa shape index (κ3) is 2.05. The van der Waals surface area contributed by atoms with E-state index in [1.54, 1.807) is 0 Å². The minimum Gasteiger partial charge on any atom is -0.467 e. The molecule has 1 aliphatic rings. The quantitative estimate of drug-likeness (QED) is 0.448. The van der Waals surface area contributed by atoms with E-state index >= 15 is 0 Å². The van der Waals surface area contributed by atoms with Gasteiger partial charge in [-0.1, -0.05) is 0 Å². The van der Waals surface area contributed by atoms with Gasteiger partial charge in [0.05, 0.1) is 19.6 Å². The van der Waals surface area contributed by atoms with Gasteiger partial charge in [0.1, 0.15) is 0 Å². The summed E-state index contributed by atoms with van der Waals surface area (Å²) >= 11 is 5.42. The highest BCUT2D eigenvalue weighted by Crippen LogP contribution is 2.13. The molecule has 2 atom stereocenters. The lowest BCUT2D eigenvalue weighted by atomic mass is 10.4. The molecule has 2 unspecified atom stereocenters. The monoisotopic (exact) mass is 180 g/mol. The number of carbonyl (C=O) groups excluding carboxylic acids is 1. The maximum Gasteiger partial charge on any atom is 0.337 e. The molecule has 0 spiro atoms. The highest BCUT2D eigenvalue weighted by molar-refractivity contribution is 6.18. The van der Waals surface area contributed by atoms with E-state index in [1.807, 2.05) is 0 Å². The molecule has 0 radical (unpaired) electrons. The zero-order valence-electron chi connectivity index (χ0n) is 6.08. The fourth-order valence-electron chi connectivity index (χ4n) is 0.792. The second-order valence-electron chi connectivity index (χ2n) is 2.07. The SMILES string of the molecule is COC(=O)C1COC(CCl)O1. The number of halogens is 1. The summed E-state index contributed by atoms with van der Waals surface area (Å²) in [4.78, 5) is 10.8. The molecule has 1 rings (SSSR count). The van der Waals surface area contributed by atoms with Gasteiger partial charge in [-0.2, -0.15) is 0 Å². The Kier molecular flexibility index (Phi) is 3.11. The first-order valence-corrected chi connectivity index (χ1v) is 3.72. The highest BCUT2D eigenvalue weighted by atomic mass is 35.5. The van der Waals surface area contributed by atoms with Crippen molar-refractivity contribution in [1.82, 2.24) is 0 Å². The topological polar surface area (TPSA) is 44.8 Å². The van der Waals surface area contributed by atoms with Crippen molar-refractivity contribution < 1.29 is 19.0 Å². The molecule has 1 aliphatic heterocycles. The zero-order chi connectivity index (χ0) is 8.27. The molecule has 0 aromatic rings. The van der Waals surface area contributed by atoms with E-state index in [-0.39, 0.29) is 12.5 Å². The molecule has 0 aromatic heterocycles. The molecule has 1 saturated heterocycles. The Morgan fingerprint density at radius 3 is 3.00 bits per heavy atom. The zero-order valence-corrected chi connectivity index (χ0v) is 6.84. The van der Waals surface area contributed by atoms with Crippen LogP contribution in [0.1, 0.15) is 0 Å². The Morgan fingerprint density at radius 2 is 2.55 bits per heavy atom. The van der Waals surface area contributed by atoms with Crippen LogP contribution in [-0.2, 0) is 19.0 Å². The van der Waals surface area contributed by atoms with Gasteiger partial charge in [0.2, 0.25) is 0 Å². The number of hydrogen-bond acceptors (Lipinski definition) is 4. The first kappa shape index (κ1) is 8.77. The summed E-state index contributed by atoms with van der Waals surface area (Å²) in [5.74, 6) is -0.189. The van der Waals surface area contributed by atoms with Crippen molar-refractivity contribution in [2.45, 2.75) is 12.4 Å². The molecule has 0 aliphatic carbocycles. The molecule has 4 nitrogen and oxygen atoms in total. The van der Waals surface area contributed by atoms with Crippen molar-refractivity contribution in [1.29, 1.82) is 0 Å². The smallest absolute Gasteiger partial charge is 0.337 e. The van der Waals surface area contributed by atoms with E-state index in [4.69, 9.17) is 21.1 Å². The van der Waals surface area contributed by atoms with Crippen LogP contribution in [0.5, 0.6) is 0 Å². The van der Waals surface area contributed by atoms with E-state index in [0.29, 0.717) is 0 Å². The number of alkyl halides is 1. The Hall–Kier alpha value is -0.320. The van der Waals surface area contributed by atoms with Crippen molar-refractivity contribution >= 4 is 17.6 Å². The number of esters is 1. The van der Waals surface area contributed by atoms with Gasteiger partial charge in [0.15, 0.2) is 12.4 Å². The largest absolute Gasteiger partial charge is 0.467 e. The van der Waals surface area contributed by atoms with Crippen LogP contribution in [0.3, 0.4) is 0 Å². The number of carbonyl (C=O) groups is 1. The average molecular weight is 181 g/mol. The molecule has 0 bridgehead atoms. The van der Waals surface area contributed by atoms with Crippen LogP contribution < -0.4 is 0 Å². The molecule has 5 heteroatoms. The van der Waals surface area contributed by atoms with Gasteiger partial charge in [-0.05, 0) is 0 Å². The van der Waals surface area contributed by atoms with Crippen molar-refractivity contribution in [3.63, 3.8) is 0 Å². The third-order valence-corrected chi connectivity index (χ3v) is 1.59. The molecular weight excluding hydrogens is 172 g/mol. The minimum absolute atomic E-state index is 0.226. The van der Waals surface area contributed by atoms with E-state index in [9.17, 15) is 4.79 Å². The van der Waals surface area contributed by atoms with Gasteiger partial charge in [0, 0.05) is 0 Å². The second-order valence-corrected chi connectivity index (χ2v) is 2.37. The molecule has 11 heavy (non-hydrogen) atoms. The van der Waals surface area contributed by atoms with Gasteiger partial charge < -0.3 is 14.2 Å². The van der Waals surface area contributed by atoms with E-state index in [1.165, 1.54) is 7.11 Å². The van der Waals surface area contributed by atoms with Crippen molar-refractivity contribution in [3.05, 3.63) is 0 Å². The summed E-state index contributed by atoms with van der Waals surface area (Å²) in [6, 6.07) is 0. The summed E-state index contributed by atoms with van der Waals surface area (Å²) in [5, 5.41) is 0. The number of ether oxygens (including phenoxy) is 3. The molecule has 0 amide bonds. The van der Waals surface area contributed by atoms with Crippen LogP contribution in [0.15, 0.2) is 0 Å². The molecular formula is C6H9ClO4. The summed E-state index contributed by atoms with van der Waals surface area (Å²) in [6.07, 6.45) is -1.08. The Bertz CT molecular complexity index is 150. The van der Waals surface area contributed by atoms with Gasteiger partial charge in [-0.3, -0.25) is 0 Å². The first-order chi connectivity index (χ1) is 5.27. The molecule has 0 N–H and O–H groups in total. The van der Waals surface area contributed by atoms with Crippen LogP contribution in [0.2, 0.25) is 0 Å². The lowest BCUT2D eigenvalue weighted by molar-refractivity contribution is -0.153. The molecule has 1 heterocycles. The Balaban J connectivity index is 2.35. The lowest BCUT2D eigenvalue weighted by Gasteiger charge is -2.05. The van der Waals surface area contributed by atoms with E-state index in [0.717, 1.165) is 0 Å². The first-order valence-electron chi connectivity index (χ1n) is 3.18. The fraction of sp³-hybridized carbons (Fsp3) is 0.833. The van der Waals surface area contributed by atoms with Gasteiger partial charge in [-0.15, -0.1) is 11.6 Å². The molecule has 0 saturated carbocycles. The van der Waals surface area contributed by atoms with Crippen molar-refractivity contribution in [3.8, 4) is 0 Å². The lowest BCUT2D eigenvalue weighted by Crippen LogP contribution is -2.25. The third-order valence-electron chi connectivity index (χ3n) is 1.34. The van der Waals surface area contributed by atoms with Crippen LogP contribution in [0, 0.1) is 0 Å². The van der Waals surface area contributed by atoms with E-state index in [2.05, 4.69) is 4.74 Å². The van der Waals surface area contributed by atoms with E-state index < -0.39 is 18.4 Å². The fourth-order valence-corrected chi connectivity index (χ4v) is 0.954. The summed E-state index contributed by atoms with van der Waals surface area (Å²) in [5.41, 5.74) is 0. The second kappa shape index (κ2) is 3.90. The maximum atomic E-state index is 10.8. The maximum absolute atomic E-state index is 10.8. The van der Waals surface area contributed by atoms with Gasteiger partial charge >= 0.3 is 5.97 Å². The Morgan fingerprint density at radius 1 is 1.82 bits per heavy atom. The molecule has 1 fully saturated rings. The standard InChI is InChI=1S/C6H9ClO4/c1-9-6(8)4-3-10-5(2-7)11-4/h4-5H,2-3H2,1H3. The van der Waals surface area contributed by atoms with Crippen LogP contribution >= 0.6 is 11.6 Å². The van der Waals surface area contributed by atoms with Crippen LogP contribution in [-0.4, -0.2) is 38.0 Å². The van der Waals surface area contributed by atoms with Crippen molar-refractivity contribution in [2.75, 3.05) is 19.6 Å². The van der Waals surface area contributed by atoms with Gasteiger partial charge in [0.25, 0.3) is 0 Å². The number of methoxy groups -OCH3 is 1. The number of hydrogen-bond donors (Lipinski definition) is 0. The predicted octanol–water partition coefficient (Wildman–Crippen LogP) is 0.140. The van der Waals surface area contributed by atoms with Crippen LogP contribution in [0.25, 0.3) is 0 Å². The Labute approximate surface area is 69.4 Å². The predicted molar refractivity (Wildman–Crippen MR) is 37.3 cm³/mol. The van der Waals surface area contributed by atoms with Crippen molar-refractivity contribution in [2.24, 2.45) is 0 Å². The summed E-state index contributed by atoms with van der Waals surface area (Å²) < 4.78 is 14.5. The molecule has 0 aromatic carbocycles. The van der Waals surface area contributed by atoms with Gasteiger partial charge in [-0.25, -0.2) is 4.79 Å². The molecule has 64 valence electrons. The highest BCUT2D eigenvalue weighted by Gasteiger charge is 2.31. The summed E-state index contributed by atoms with van der Waals surface area (Å²) in [7, 11) is 1.31.